The Bertz CT molecular complexity index is 1050. The van der Waals surface area contributed by atoms with Gasteiger partial charge in [-0.15, -0.1) is 0 Å². The lowest BCUT2D eigenvalue weighted by Gasteiger charge is -2.12. The van der Waals surface area contributed by atoms with Crippen LogP contribution in [0.1, 0.15) is 12.7 Å². The Morgan fingerprint density at radius 1 is 1.07 bits per heavy atom. The number of amides is 2. The van der Waals surface area contributed by atoms with Gasteiger partial charge in [-0.2, -0.15) is 13.2 Å². The van der Waals surface area contributed by atoms with E-state index >= 15 is 0 Å². The van der Waals surface area contributed by atoms with Crippen LogP contribution in [0.4, 0.5) is 18.9 Å². The molecule has 3 aromatic rings. The number of likely N-dealkylation sites (N-methyl/N-ethyl adjacent to an activating group) is 1. The molecule has 0 saturated heterocycles. The van der Waals surface area contributed by atoms with E-state index in [1.54, 1.807) is 31.2 Å². The van der Waals surface area contributed by atoms with Crippen molar-refractivity contribution in [3.05, 3.63) is 54.4 Å². The van der Waals surface area contributed by atoms with Crippen molar-refractivity contribution >= 4 is 28.5 Å². The van der Waals surface area contributed by atoms with Crippen molar-refractivity contribution in [2.24, 2.45) is 0 Å². The summed E-state index contributed by atoms with van der Waals surface area (Å²) in [4.78, 5) is 27.4. The van der Waals surface area contributed by atoms with Crippen LogP contribution in [0.3, 0.4) is 0 Å². The summed E-state index contributed by atoms with van der Waals surface area (Å²) in [6, 6.07) is 12.2. The van der Waals surface area contributed by atoms with E-state index in [1.807, 2.05) is 0 Å². The molecule has 0 aliphatic heterocycles. The molecule has 0 aliphatic carbocycles. The van der Waals surface area contributed by atoms with E-state index in [4.69, 9.17) is 4.74 Å². The highest BCUT2D eigenvalue weighted by atomic mass is 19.4. The molecule has 10 heteroatoms. The van der Waals surface area contributed by atoms with E-state index in [-0.39, 0.29) is 23.5 Å². The lowest BCUT2D eigenvalue weighted by atomic mass is 10.3. The topological polar surface area (TPSA) is 85.3 Å². The number of carbonyl (C=O) groups is 2. The van der Waals surface area contributed by atoms with Crippen LogP contribution in [0.5, 0.6) is 5.75 Å². The predicted molar refractivity (Wildman–Crippen MR) is 104 cm³/mol. The Morgan fingerprint density at radius 2 is 1.77 bits per heavy atom. The highest BCUT2D eigenvalue weighted by Gasteiger charge is 2.38. The molecule has 0 atom stereocenters. The van der Waals surface area contributed by atoms with Gasteiger partial charge in [-0.3, -0.25) is 9.59 Å². The standard InChI is InChI=1S/C20H19F3N4O3/c1-2-24-18(29)12-30-14-9-7-13(8-10-14)25-17(28)11-27-16-6-4-3-5-15(16)26-19(27)20(21,22)23/h3-10H,2,11-12H2,1H3,(H,24,29)(H,25,28). The van der Waals surface area contributed by atoms with Crippen LogP contribution in [-0.2, 0) is 22.3 Å². The molecule has 7 nitrogen and oxygen atoms in total. The number of carbonyl (C=O) groups excluding carboxylic acids is 2. The van der Waals surface area contributed by atoms with E-state index in [2.05, 4.69) is 15.6 Å². The van der Waals surface area contributed by atoms with Gasteiger partial charge in [0.15, 0.2) is 6.61 Å². The molecule has 0 spiro atoms. The van der Waals surface area contributed by atoms with Crippen molar-refractivity contribution in [3.63, 3.8) is 0 Å². The molecule has 1 heterocycles. The fraction of sp³-hybridized carbons (Fsp3) is 0.250. The van der Waals surface area contributed by atoms with Gasteiger partial charge in [-0.05, 0) is 43.3 Å². The molecular formula is C20H19F3N4O3. The van der Waals surface area contributed by atoms with Crippen LogP contribution in [-0.4, -0.2) is 34.5 Å². The Morgan fingerprint density at radius 3 is 2.43 bits per heavy atom. The first-order valence-electron chi connectivity index (χ1n) is 9.10. The first-order valence-corrected chi connectivity index (χ1v) is 9.10. The number of imidazole rings is 1. The van der Waals surface area contributed by atoms with Gasteiger partial charge in [-0.25, -0.2) is 4.98 Å². The van der Waals surface area contributed by atoms with Gasteiger partial charge in [0.05, 0.1) is 11.0 Å². The number of anilines is 1. The quantitative estimate of drug-likeness (QED) is 0.615. The predicted octanol–water partition coefficient (Wildman–Crippen LogP) is 3.21. The van der Waals surface area contributed by atoms with Crippen LogP contribution in [0.2, 0.25) is 0 Å². The first-order chi connectivity index (χ1) is 14.3. The summed E-state index contributed by atoms with van der Waals surface area (Å²) >= 11 is 0. The summed E-state index contributed by atoms with van der Waals surface area (Å²) in [5.74, 6) is -1.62. The zero-order valence-electron chi connectivity index (χ0n) is 16.0. The maximum atomic E-state index is 13.3. The number of halogens is 3. The monoisotopic (exact) mass is 420 g/mol. The number of nitrogens with zero attached hydrogens (tertiary/aromatic N) is 2. The zero-order valence-corrected chi connectivity index (χ0v) is 16.0. The van der Waals surface area contributed by atoms with Gasteiger partial charge in [0, 0.05) is 12.2 Å². The Balaban J connectivity index is 1.68. The maximum absolute atomic E-state index is 13.3. The molecule has 1 aromatic heterocycles. The number of nitrogens with one attached hydrogen (secondary N) is 2. The number of aromatic nitrogens is 2. The highest BCUT2D eigenvalue weighted by Crippen LogP contribution is 2.31. The SMILES string of the molecule is CCNC(=O)COc1ccc(NC(=O)Cn2c(C(F)(F)F)nc3ccccc32)cc1. The van der Waals surface area contributed by atoms with Crippen molar-refractivity contribution in [2.75, 3.05) is 18.5 Å². The van der Waals surface area contributed by atoms with Gasteiger partial charge in [0.1, 0.15) is 12.3 Å². The van der Waals surface area contributed by atoms with Crippen LogP contribution in [0.25, 0.3) is 11.0 Å². The minimum Gasteiger partial charge on any atom is -0.484 e. The number of alkyl halides is 3. The lowest BCUT2D eigenvalue weighted by Crippen LogP contribution is -2.28. The van der Waals surface area contributed by atoms with Crippen LogP contribution >= 0.6 is 0 Å². The molecule has 30 heavy (non-hydrogen) atoms. The third-order valence-corrected chi connectivity index (χ3v) is 4.09. The summed E-state index contributed by atoms with van der Waals surface area (Å²) in [5, 5.41) is 5.14. The lowest BCUT2D eigenvalue weighted by molar-refractivity contribution is -0.147. The zero-order chi connectivity index (χ0) is 21.7. The van der Waals surface area contributed by atoms with Gasteiger partial charge in [0.2, 0.25) is 11.7 Å². The normalized spacial score (nSPS) is 11.3. The van der Waals surface area contributed by atoms with Gasteiger partial charge in [0.25, 0.3) is 5.91 Å². The summed E-state index contributed by atoms with van der Waals surface area (Å²) in [5.41, 5.74) is 0.753. The summed E-state index contributed by atoms with van der Waals surface area (Å²) < 4.78 is 46.1. The fourth-order valence-electron chi connectivity index (χ4n) is 2.83. The third kappa shape index (κ3) is 5.07. The second-order valence-corrected chi connectivity index (χ2v) is 6.32. The summed E-state index contributed by atoms with van der Waals surface area (Å²) in [6.07, 6.45) is -4.69. The van der Waals surface area contributed by atoms with Crippen molar-refractivity contribution in [3.8, 4) is 5.75 Å². The number of hydrogen-bond donors (Lipinski definition) is 2. The van der Waals surface area contributed by atoms with E-state index in [0.29, 0.717) is 18.0 Å². The van der Waals surface area contributed by atoms with E-state index in [0.717, 1.165) is 4.57 Å². The molecule has 3 rings (SSSR count). The number of para-hydroxylation sites is 2. The molecule has 2 amide bonds. The van der Waals surface area contributed by atoms with Gasteiger partial charge in [-0.1, -0.05) is 12.1 Å². The molecule has 0 saturated carbocycles. The molecule has 0 radical (unpaired) electrons. The van der Waals surface area contributed by atoms with Crippen molar-refractivity contribution in [1.82, 2.24) is 14.9 Å². The molecule has 2 N–H and O–H groups in total. The van der Waals surface area contributed by atoms with Crippen LogP contribution in [0, 0.1) is 0 Å². The number of ether oxygens (including phenoxy) is 1. The van der Waals surface area contributed by atoms with Crippen molar-refractivity contribution in [1.29, 1.82) is 0 Å². The molecular weight excluding hydrogens is 401 g/mol. The number of rotatable bonds is 7. The van der Waals surface area contributed by atoms with E-state index in [9.17, 15) is 22.8 Å². The molecule has 0 unspecified atom stereocenters. The molecule has 0 fully saturated rings. The Hall–Kier alpha value is -3.56. The highest BCUT2D eigenvalue weighted by molar-refractivity contribution is 5.91. The minimum atomic E-state index is -4.69. The van der Waals surface area contributed by atoms with Crippen LogP contribution < -0.4 is 15.4 Å². The molecule has 2 aromatic carbocycles. The fourth-order valence-corrected chi connectivity index (χ4v) is 2.83. The second-order valence-electron chi connectivity index (χ2n) is 6.32. The average Bonchev–Trinajstić information content (AvgIpc) is 3.07. The van der Waals surface area contributed by atoms with E-state index < -0.39 is 24.5 Å². The minimum absolute atomic E-state index is 0.145. The Labute approximate surface area is 169 Å². The van der Waals surface area contributed by atoms with Crippen LogP contribution in [0.15, 0.2) is 48.5 Å². The third-order valence-electron chi connectivity index (χ3n) is 4.09. The smallest absolute Gasteiger partial charge is 0.449 e. The van der Waals surface area contributed by atoms with Crippen molar-refractivity contribution in [2.45, 2.75) is 19.6 Å². The largest absolute Gasteiger partial charge is 0.484 e. The maximum Gasteiger partial charge on any atom is 0.449 e. The molecule has 0 aliphatic rings. The number of benzene rings is 2. The number of fused-ring (bicyclic) bond motifs is 1. The van der Waals surface area contributed by atoms with Gasteiger partial charge < -0.3 is 19.9 Å². The number of hydrogen-bond acceptors (Lipinski definition) is 4. The Kier molecular flexibility index (Phi) is 6.24. The first kappa shape index (κ1) is 21.2. The second kappa shape index (κ2) is 8.85. The average molecular weight is 420 g/mol. The summed E-state index contributed by atoms with van der Waals surface area (Å²) in [7, 11) is 0. The van der Waals surface area contributed by atoms with Crippen molar-refractivity contribution < 1.29 is 27.5 Å². The van der Waals surface area contributed by atoms with E-state index in [1.165, 1.54) is 24.3 Å². The van der Waals surface area contributed by atoms with Gasteiger partial charge >= 0.3 is 6.18 Å². The molecule has 0 bridgehead atoms. The molecule has 158 valence electrons. The summed E-state index contributed by atoms with van der Waals surface area (Å²) in [6.45, 7) is 1.59.